The first kappa shape index (κ1) is 34.5. The number of ether oxygens (including phenoxy) is 3. The normalized spacial score (nSPS) is 11.2. The van der Waals surface area contributed by atoms with Crippen LogP contribution in [0.3, 0.4) is 0 Å². The molecule has 0 bridgehead atoms. The predicted octanol–water partition coefficient (Wildman–Crippen LogP) is 10.5. The molecule has 0 fully saturated rings. The summed E-state index contributed by atoms with van der Waals surface area (Å²) in [6.45, 7) is 3.98. The van der Waals surface area contributed by atoms with Gasteiger partial charge in [-0.15, -0.1) is 0 Å². The van der Waals surface area contributed by atoms with Crippen molar-refractivity contribution in [1.29, 1.82) is 0 Å². The molecule has 0 unspecified atom stereocenters. The summed E-state index contributed by atoms with van der Waals surface area (Å²) in [5.41, 5.74) is 8.14. The van der Waals surface area contributed by atoms with Crippen LogP contribution >= 0.6 is 11.6 Å². The first-order valence-corrected chi connectivity index (χ1v) is 15.4. The molecular weight excluding hydrogens is 608 g/mol. The third-order valence-electron chi connectivity index (χ3n) is 7.54. The molecule has 5 aromatic rings. The number of halogens is 1. The first-order chi connectivity index (χ1) is 22.8. The number of aromatic hydroxyl groups is 2. The van der Waals surface area contributed by atoms with Gasteiger partial charge in [0.05, 0.1) is 26.4 Å². The van der Waals surface area contributed by atoms with Gasteiger partial charge in [0.1, 0.15) is 28.7 Å². The summed E-state index contributed by atoms with van der Waals surface area (Å²) in [4.78, 5) is 0. The molecule has 0 aromatic heterocycles. The minimum absolute atomic E-state index is 0.260. The molecule has 5 aromatic carbocycles. The Morgan fingerprint density at radius 2 is 0.723 bits per heavy atom. The molecule has 0 saturated carbocycles. The standard InChI is InChI=1S/C23H21ClO3.C18H18O2/c1-25-19-10-4-16(5-11-19)22(17-6-12-20(26-2)13-7-17)23(24)18-8-14-21(27-3)15-9-18;1-3-17(13-5-9-15(19)10-6-13)18(4-2)14-7-11-16(20)12-8-14/h4-15H,1-3H3;3-12,19-20H,1-2H3/b;17-3+,18-4+. The van der Waals surface area contributed by atoms with Crippen molar-refractivity contribution in [2.45, 2.75) is 13.8 Å². The lowest BCUT2D eigenvalue weighted by Gasteiger charge is -2.14. The Morgan fingerprint density at radius 3 is 1.00 bits per heavy atom. The number of allylic oxidation sites excluding steroid dienone is 4. The zero-order valence-corrected chi connectivity index (χ0v) is 28.0. The van der Waals surface area contributed by atoms with Gasteiger partial charge in [0, 0.05) is 5.57 Å². The Hall–Kier alpha value is -5.39. The number of phenols is 2. The molecule has 0 saturated heterocycles. The third kappa shape index (κ3) is 8.87. The minimum atomic E-state index is 0.260. The maximum atomic E-state index is 9.39. The Balaban J connectivity index is 0.000000223. The van der Waals surface area contributed by atoms with E-state index >= 15 is 0 Å². The van der Waals surface area contributed by atoms with Gasteiger partial charge in [-0.25, -0.2) is 0 Å². The number of benzene rings is 5. The summed E-state index contributed by atoms with van der Waals surface area (Å²) >= 11 is 6.86. The molecule has 0 heterocycles. The van der Waals surface area contributed by atoms with E-state index in [2.05, 4.69) is 12.2 Å². The van der Waals surface area contributed by atoms with Gasteiger partial charge in [0.2, 0.25) is 0 Å². The Kier molecular flexibility index (Phi) is 12.3. The topological polar surface area (TPSA) is 68.2 Å². The van der Waals surface area contributed by atoms with E-state index in [0.29, 0.717) is 5.03 Å². The number of hydrogen-bond donors (Lipinski definition) is 2. The maximum Gasteiger partial charge on any atom is 0.118 e. The molecule has 47 heavy (non-hydrogen) atoms. The quantitative estimate of drug-likeness (QED) is 0.123. The van der Waals surface area contributed by atoms with Crippen molar-refractivity contribution in [2.24, 2.45) is 0 Å². The number of phenolic OH excluding ortho intramolecular Hbond substituents is 2. The molecule has 5 nitrogen and oxygen atoms in total. The zero-order valence-electron chi connectivity index (χ0n) is 27.2. The molecule has 0 aliphatic rings. The lowest BCUT2D eigenvalue weighted by Crippen LogP contribution is -1.93. The van der Waals surface area contributed by atoms with Gasteiger partial charge in [-0.1, -0.05) is 72.3 Å². The highest BCUT2D eigenvalue weighted by atomic mass is 35.5. The van der Waals surface area contributed by atoms with Crippen LogP contribution in [0.2, 0.25) is 0 Å². The van der Waals surface area contributed by atoms with Crippen molar-refractivity contribution < 1.29 is 24.4 Å². The fourth-order valence-electron chi connectivity index (χ4n) is 5.05. The van der Waals surface area contributed by atoms with Crippen molar-refractivity contribution in [1.82, 2.24) is 0 Å². The maximum absolute atomic E-state index is 9.39. The summed E-state index contributed by atoms with van der Waals surface area (Å²) in [5.74, 6) is 2.91. The molecule has 0 spiro atoms. The highest BCUT2D eigenvalue weighted by Gasteiger charge is 2.14. The molecular formula is C41H39ClO5. The van der Waals surface area contributed by atoms with E-state index in [1.807, 2.05) is 111 Å². The summed E-state index contributed by atoms with van der Waals surface area (Å²) in [5, 5.41) is 19.4. The molecule has 240 valence electrons. The van der Waals surface area contributed by atoms with Crippen molar-refractivity contribution >= 4 is 33.4 Å². The molecule has 0 aliphatic carbocycles. The Labute approximate surface area is 282 Å². The average molecular weight is 647 g/mol. The highest BCUT2D eigenvalue weighted by Crippen LogP contribution is 2.37. The fraction of sp³-hybridized carbons (Fsp3) is 0.122. The zero-order chi connectivity index (χ0) is 33.8. The van der Waals surface area contributed by atoms with Gasteiger partial charge in [0.15, 0.2) is 0 Å². The lowest BCUT2D eigenvalue weighted by atomic mass is 9.92. The lowest BCUT2D eigenvalue weighted by molar-refractivity contribution is 0.414. The van der Waals surface area contributed by atoms with E-state index < -0.39 is 0 Å². The van der Waals surface area contributed by atoms with E-state index in [1.54, 1.807) is 45.6 Å². The van der Waals surface area contributed by atoms with Crippen LogP contribution in [0, 0.1) is 0 Å². The molecule has 0 radical (unpaired) electrons. The van der Waals surface area contributed by atoms with Crippen LogP contribution < -0.4 is 14.2 Å². The van der Waals surface area contributed by atoms with Gasteiger partial charge >= 0.3 is 0 Å². The summed E-state index contributed by atoms with van der Waals surface area (Å²) in [6.07, 6.45) is 4.10. The van der Waals surface area contributed by atoms with E-state index in [-0.39, 0.29) is 11.5 Å². The predicted molar refractivity (Wildman–Crippen MR) is 194 cm³/mol. The van der Waals surface area contributed by atoms with Crippen molar-refractivity contribution in [3.63, 3.8) is 0 Å². The van der Waals surface area contributed by atoms with Crippen molar-refractivity contribution in [2.75, 3.05) is 21.3 Å². The summed E-state index contributed by atoms with van der Waals surface area (Å²) in [6, 6.07) is 37.8. The van der Waals surface area contributed by atoms with Gasteiger partial charge in [-0.05, 0) is 126 Å². The van der Waals surface area contributed by atoms with Crippen LogP contribution in [0.15, 0.2) is 133 Å². The van der Waals surface area contributed by atoms with Crippen LogP contribution in [0.5, 0.6) is 28.7 Å². The molecule has 0 amide bonds. The Bertz CT molecular complexity index is 1710. The van der Waals surface area contributed by atoms with Gasteiger partial charge < -0.3 is 24.4 Å². The first-order valence-electron chi connectivity index (χ1n) is 15.1. The van der Waals surface area contributed by atoms with Gasteiger partial charge in [-0.3, -0.25) is 0 Å². The van der Waals surface area contributed by atoms with E-state index in [1.165, 1.54) is 0 Å². The van der Waals surface area contributed by atoms with E-state index in [4.69, 9.17) is 25.8 Å². The molecule has 6 heteroatoms. The molecule has 5 rings (SSSR count). The van der Waals surface area contributed by atoms with Crippen LogP contribution in [0.1, 0.15) is 41.7 Å². The third-order valence-corrected chi connectivity index (χ3v) is 7.95. The number of methoxy groups -OCH3 is 3. The monoisotopic (exact) mass is 646 g/mol. The summed E-state index contributed by atoms with van der Waals surface area (Å²) < 4.78 is 15.8. The van der Waals surface area contributed by atoms with Crippen molar-refractivity contribution in [3.8, 4) is 28.7 Å². The largest absolute Gasteiger partial charge is 0.508 e. The minimum Gasteiger partial charge on any atom is -0.508 e. The molecule has 0 atom stereocenters. The van der Waals surface area contributed by atoms with Gasteiger partial charge in [-0.2, -0.15) is 0 Å². The fourth-order valence-corrected chi connectivity index (χ4v) is 5.40. The smallest absolute Gasteiger partial charge is 0.118 e. The highest BCUT2D eigenvalue weighted by molar-refractivity contribution is 6.53. The summed E-state index contributed by atoms with van der Waals surface area (Å²) in [7, 11) is 4.95. The second-order valence-electron chi connectivity index (χ2n) is 10.4. The number of rotatable bonds is 9. The van der Waals surface area contributed by atoms with E-state index in [0.717, 1.165) is 61.8 Å². The van der Waals surface area contributed by atoms with Crippen LogP contribution in [0.4, 0.5) is 0 Å². The Morgan fingerprint density at radius 1 is 0.447 bits per heavy atom. The number of hydrogen-bond acceptors (Lipinski definition) is 5. The second kappa shape index (κ2) is 16.8. The van der Waals surface area contributed by atoms with Gasteiger partial charge in [0.25, 0.3) is 0 Å². The SMILES string of the molecule is C/C=C(/C(=C/C)c1ccc(O)cc1)c1ccc(O)cc1.COc1ccc(C(Cl)=C(c2ccc(OC)cc2)c2ccc(OC)cc2)cc1. The molecule has 2 N–H and O–H groups in total. The molecule has 0 aliphatic heterocycles. The van der Waals surface area contributed by atoms with Crippen LogP contribution in [-0.4, -0.2) is 31.5 Å². The van der Waals surface area contributed by atoms with Crippen LogP contribution in [-0.2, 0) is 0 Å². The second-order valence-corrected chi connectivity index (χ2v) is 10.8. The average Bonchev–Trinajstić information content (AvgIpc) is 3.12. The van der Waals surface area contributed by atoms with Crippen LogP contribution in [0.25, 0.3) is 21.8 Å². The van der Waals surface area contributed by atoms with Crippen molar-refractivity contribution in [3.05, 3.63) is 161 Å². The van der Waals surface area contributed by atoms with E-state index in [9.17, 15) is 10.2 Å².